The number of likely N-dealkylation sites (N-methyl/N-ethyl adjacent to an activating group) is 1. The van der Waals surface area contributed by atoms with Crippen molar-refractivity contribution in [3.05, 3.63) is 64.0 Å². The van der Waals surface area contributed by atoms with Gasteiger partial charge in [0.25, 0.3) is 5.69 Å². The lowest BCUT2D eigenvalue weighted by Gasteiger charge is -2.31. The Morgan fingerprint density at radius 1 is 1.23 bits per heavy atom. The third-order valence-electron chi connectivity index (χ3n) is 5.14. The first-order valence-electron chi connectivity index (χ1n) is 10.5. The molecule has 0 saturated heterocycles. The van der Waals surface area contributed by atoms with E-state index in [0.717, 1.165) is 23.3 Å². The molecule has 2 aromatic rings. The zero-order chi connectivity index (χ0) is 26.3. The number of halogens is 1. The summed E-state index contributed by atoms with van der Waals surface area (Å²) in [5.74, 6) is -1.97. The molecular weight excluding hydrogens is 483 g/mol. The second-order valence-electron chi connectivity index (χ2n) is 7.57. The summed E-state index contributed by atoms with van der Waals surface area (Å²) < 4.78 is 45.4. The van der Waals surface area contributed by atoms with Crippen molar-refractivity contribution in [2.45, 2.75) is 26.4 Å². The predicted molar refractivity (Wildman–Crippen MR) is 127 cm³/mol. The van der Waals surface area contributed by atoms with E-state index < -0.39 is 50.9 Å². The molecule has 35 heavy (non-hydrogen) atoms. The van der Waals surface area contributed by atoms with Gasteiger partial charge in [-0.15, -0.1) is 0 Å². The molecule has 0 bridgehead atoms. The fourth-order valence-electron chi connectivity index (χ4n) is 3.30. The summed E-state index contributed by atoms with van der Waals surface area (Å²) >= 11 is 0. The number of carbonyl (C=O) groups is 2. The molecule has 0 aliphatic carbocycles. The van der Waals surface area contributed by atoms with E-state index >= 15 is 0 Å². The monoisotopic (exact) mass is 510 g/mol. The maximum atomic E-state index is 14.3. The molecule has 13 heteroatoms. The van der Waals surface area contributed by atoms with Crippen molar-refractivity contribution in [2.24, 2.45) is 0 Å². The van der Waals surface area contributed by atoms with E-state index in [1.165, 1.54) is 38.3 Å². The number of rotatable bonds is 11. The van der Waals surface area contributed by atoms with Crippen LogP contribution in [0.5, 0.6) is 5.75 Å². The fourth-order valence-corrected chi connectivity index (χ4v) is 4.14. The Labute approximate surface area is 202 Å². The zero-order valence-corrected chi connectivity index (χ0v) is 20.5. The van der Waals surface area contributed by atoms with Crippen molar-refractivity contribution in [2.75, 3.05) is 30.8 Å². The van der Waals surface area contributed by atoms with Crippen molar-refractivity contribution >= 4 is 33.2 Å². The smallest absolute Gasteiger partial charge is 0.271 e. The highest BCUT2D eigenvalue weighted by atomic mass is 32.2. The molecule has 0 unspecified atom stereocenters. The van der Waals surface area contributed by atoms with E-state index in [9.17, 15) is 32.5 Å². The van der Waals surface area contributed by atoms with Crippen LogP contribution in [0, 0.1) is 15.9 Å². The van der Waals surface area contributed by atoms with Crippen molar-refractivity contribution in [1.29, 1.82) is 0 Å². The van der Waals surface area contributed by atoms with Crippen molar-refractivity contribution in [3.8, 4) is 5.75 Å². The second kappa shape index (κ2) is 11.6. The Balaban J connectivity index is 2.53. The Morgan fingerprint density at radius 3 is 2.43 bits per heavy atom. The number of ether oxygens (including phenoxy) is 1. The van der Waals surface area contributed by atoms with Gasteiger partial charge in [0.15, 0.2) is 0 Å². The first-order chi connectivity index (χ1) is 16.4. The van der Waals surface area contributed by atoms with Gasteiger partial charge < -0.3 is 15.0 Å². The van der Waals surface area contributed by atoms with Crippen molar-refractivity contribution in [1.82, 2.24) is 10.2 Å². The molecule has 190 valence electrons. The minimum absolute atomic E-state index is 0.0220. The number of hydrogen-bond donors (Lipinski definition) is 1. The van der Waals surface area contributed by atoms with Crippen molar-refractivity contribution < 1.29 is 32.1 Å². The highest BCUT2D eigenvalue weighted by Gasteiger charge is 2.32. The highest BCUT2D eigenvalue weighted by molar-refractivity contribution is 7.92. The third-order valence-corrected chi connectivity index (χ3v) is 6.26. The maximum Gasteiger partial charge on any atom is 0.271 e. The molecule has 1 N–H and O–H groups in total. The fraction of sp³-hybridized carbons (Fsp3) is 0.364. The Kier molecular flexibility index (Phi) is 9.12. The lowest BCUT2D eigenvalue weighted by atomic mass is 10.1. The van der Waals surface area contributed by atoms with Gasteiger partial charge in [0.1, 0.15) is 29.8 Å². The van der Waals surface area contributed by atoms with Crippen LogP contribution in [-0.4, -0.2) is 62.6 Å². The van der Waals surface area contributed by atoms with Gasteiger partial charge >= 0.3 is 0 Å². The summed E-state index contributed by atoms with van der Waals surface area (Å²) in [6.07, 6.45) is 0.826. The zero-order valence-electron chi connectivity index (χ0n) is 19.7. The van der Waals surface area contributed by atoms with Gasteiger partial charge in [0, 0.05) is 30.8 Å². The molecule has 0 saturated carbocycles. The number of nitro groups is 1. The summed E-state index contributed by atoms with van der Waals surface area (Å²) in [6, 6.07) is 7.92. The van der Waals surface area contributed by atoms with Crippen LogP contribution in [0.4, 0.5) is 15.8 Å². The standard InChI is InChI=1S/C22H27FN4O7S/c1-5-24-22(29)15(2)25(13-16-8-6-7-9-18(16)23)21(28)14-26(35(4,32)33)19-12-17(27(30)31)10-11-20(19)34-3/h6-12,15H,5,13-14H2,1-4H3,(H,24,29)/t15-/m1/s1. The largest absolute Gasteiger partial charge is 0.495 e. The molecule has 1 atom stereocenters. The van der Waals surface area contributed by atoms with Crippen molar-refractivity contribution in [3.63, 3.8) is 0 Å². The number of sulfonamides is 1. The summed E-state index contributed by atoms with van der Waals surface area (Å²) in [6.45, 7) is 2.28. The number of nitro benzene ring substituents is 1. The Hall–Kier alpha value is -3.74. The maximum absolute atomic E-state index is 14.3. The molecule has 0 aliphatic rings. The topological polar surface area (TPSA) is 139 Å². The van der Waals surface area contributed by atoms with Crippen LogP contribution in [0.2, 0.25) is 0 Å². The highest BCUT2D eigenvalue weighted by Crippen LogP contribution is 2.33. The quantitative estimate of drug-likeness (QED) is 0.361. The summed E-state index contributed by atoms with van der Waals surface area (Å²) in [5.41, 5.74) is -0.523. The Morgan fingerprint density at radius 2 is 1.89 bits per heavy atom. The molecule has 0 fully saturated rings. The Bertz CT molecular complexity index is 1210. The van der Waals surface area contributed by atoms with Gasteiger partial charge in [0.05, 0.1) is 18.3 Å². The molecule has 0 heterocycles. The summed E-state index contributed by atoms with van der Waals surface area (Å²) in [5, 5.41) is 13.8. The summed E-state index contributed by atoms with van der Waals surface area (Å²) in [7, 11) is -2.91. The van der Waals surface area contributed by atoms with E-state index in [-0.39, 0.29) is 30.1 Å². The number of anilines is 1. The number of hydrogen-bond acceptors (Lipinski definition) is 7. The number of methoxy groups -OCH3 is 1. The second-order valence-corrected chi connectivity index (χ2v) is 9.47. The average Bonchev–Trinajstić information content (AvgIpc) is 2.80. The molecule has 0 radical (unpaired) electrons. The molecule has 2 amide bonds. The third kappa shape index (κ3) is 6.88. The lowest BCUT2D eigenvalue weighted by Crippen LogP contribution is -2.51. The lowest BCUT2D eigenvalue weighted by molar-refractivity contribution is -0.384. The normalized spacial score (nSPS) is 11.9. The van der Waals surface area contributed by atoms with E-state index in [2.05, 4.69) is 5.32 Å². The number of nitrogens with zero attached hydrogens (tertiary/aromatic N) is 3. The first kappa shape index (κ1) is 27.5. The van der Waals surface area contributed by atoms with Gasteiger partial charge in [-0.05, 0) is 26.0 Å². The SMILES string of the molecule is CCNC(=O)[C@@H](C)N(Cc1ccccc1F)C(=O)CN(c1cc([N+](=O)[O-])ccc1OC)S(C)(=O)=O. The van der Waals surface area contributed by atoms with Gasteiger partial charge in [-0.1, -0.05) is 18.2 Å². The van der Waals surface area contributed by atoms with Crippen LogP contribution in [-0.2, 0) is 26.2 Å². The predicted octanol–water partition coefficient (Wildman–Crippen LogP) is 2.06. The van der Waals surface area contributed by atoms with E-state index in [0.29, 0.717) is 4.31 Å². The summed E-state index contributed by atoms with van der Waals surface area (Å²) in [4.78, 5) is 37.5. The molecule has 0 aliphatic heterocycles. The number of benzene rings is 2. The molecular formula is C22H27FN4O7S. The number of nitrogens with one attached hydrogen (secondary N) is 1. The molecule has 2 rings (SSSR count). The van der Waals surface area contributed by atoms with Gasteiger partial charge in [0.2, 0.25) is 21.8 Å². The van der Waals surface area contributed by atoms with Crippen LogP contribution in [0.3, 0.4) is 0 Å². The van der Waals surface area contributed by atoms with Crippen LogP contribution in [0.1, 0.15) is 19.4 Å². The van der Waals surface area contributed by atoms with Gasteiger partial charge in [-0.2, -0.15) is 0 Å². The van der Waals surface area contributed by atoms with Crippen LogP contribution >= 0.6 is 0 Å². The number of non-ortho nitro benzene ring substituents is 1. The van der Waals surface area contributed by atoms with Crippen LogP contribution in [0.25, 0.3) is 0 Å². The number of carbonyl (C=O) groups excluding carboxylic acids is 2. The van der Waals surface area contributed by atoms with Gasteiger partial charge in [-0.25, -0.2) is 12.8 Å². The molecule has 0 aromatic heterocycles. The van der Waals surface area contributed by atoms with Gasteiger partial charge in [-0.3, -0.25) is 24.0 Å². The van der Waals surface area contributed by atoms with E-state index in [1.807, 2.05) is 0 Å². The van der Waals surface area contributed by atoms with E-state index in [1.54, 1.807) is 13.0 Å². The van der Waals surface area contributed by atoms with E-state index in [4.69, 9.17) is 4.74 Å². The molecule has 2 aromatic carbocycles. The molecule has 11 nitrogen and oxygen atoms in total. The van der Waals surface area contributed by atoms with Crippen LogP contribution < -0.4 is 14.4 Å². The first-order valence-corrected chi connectivity index (χ1v) is 12.4. The number of amides is 2. The average molecular weight is 511 g/mol. The minimum atomic E-state index is -4.15. The molecule has 0 spiro atoms. The van der Waals surface area contributed by atoms with Crippen LogP contribution in [0.15, 0.2) is 42.5 Å². The minimum Gasteiger partial charge on any atom is -0.495 e.